The summed E-state index contributed by atoms with van der Waals surface area (Å²) in [5.74, 6) is 2.37. The number of amides is 1. The van der Waals surface area contributed by atoms with Crippen LogP contribution in [0, 0.1) is 5.92 Å². The number of nitrogens with zero attached hydrogens (tertiary/aromatic N) is 3. The normalized spacial score (nSPS) is 20.3. The Kier molecular flexibility index (Phi) is 5.56. The van der Waals surface area contributed by atoms with E-state index in [1.54, 1.807) is 0 Å². The van der Waals surface area contributed by atoms with E-state index in [4.69, 9.17) is 4.98 Å². The number of para-hydroxylation sites is 2. The van der Waals surface area contributed by atoms with E-state index in [2.05, 4.69) is 41.0 Å². The van der Waals surface area contributed by atoms with Crippen LogP contribution >= 0.6 is 0 Å². The van der Waals surface area contributed by atoms with Crippen molar-refractivity contribution < 1.29 is 4.79 Å². The first-order valence-corrected chi connectivity index (χ1v) is 11.5. The van der Waals surface area contributed by atoms with Gasteiger partial charge in [-0.25, -0.2) is 4.98 Å². The summed E-state index contributed by atoms with van der Waals surface area (Å²) in [5.41, 5.74) is 3.47. The summed E-state index contributed by atoms with van der Waals surface area (Å²) < 4.78 is 2.42. The molecule has 2 fully saturated rings. The van der Waals surface area contributed by atoms with E-state index in [0.29, 0.717) is 13.0 Å². The summed E-state index contributed by atoms with van der Waals surface area (Å²) in [6.07, 6.45) is 8.70. The van der Waals surface area contributed by atoms with Gasteiger partial charge >= 0.3 is 0 Å². The van der Waals surface area contributed by atoms with E-state index in [1.807, 2.05) is 23.1 Å². The molecular formula is C26H31N3O. The molecule has 30 heavy (non-hydrogen) atoms. The van der Waals surface area contributed by atoms with Gasteiger partial charge in [0.05, 0.1) is 11.0 Å². The predicted molar refractivity (Wildman–Crippen MR) is 120 cm³/mol. The Morgan fingerprint density at radius 1 is 0.933 bits per heavy atom. The fraction of sp³-hybridized carbons (Fsp3) is 0.462. The highest BCUT2D eigenvalue weighted by atomic mass is 16.2. The van der Waals surface area contributed by atoms with Crippen LogP contribution in [0.2, 0.25) is 0 Å². The van der Waals surface area contributed by atoms with Crippen LogP contribution in [-0.2, 0) is 17.9 Å². The van der Waals surface area contributed by atoms with Gasteiger partial charge in [-0.2, -0.15) is 0 Å². The van der Waals surface area contributed by atoms with Gasteiger partial charge in [-0.15, -0.1) is 0 Å². The number of benzene rings is 2. The molecule has 2 aromatic carbocycles. The summed E-state index contributed by atoms with van der Waals surface area (Å²) in [4.78, 5) is 19.8. The van der Waals surface area contributed by atoms with E-state index in [9.17, 15) is 4.79 Å². The monoisotopic (exact) mass is 401 g/mol. The van der Waals surface area contributed by atoms with Gasteiger partial charge in [0.2, 0.25) is 5.91 Å². The number of aryl methyl sites for hydroxylation is 1. The fourth-order valence-electron chi connectivity index (χ4n) is 5.33. The highest BCUT2D eigenvalue weighted by Crippen LogP contribution is 2.33. The van der Waals surface area contributed by atoms with Gasteiger partial charge in [-0.1, -0.05) is 74.6 Å². The van der Waals surface area contributed by atoms with E-state index in [1.165, 1.54) is 49.6 Å². The molecule has 2 aliphatic rings. The molecule has 5 rings (SSSR count). The van der Waals surface area contributed by atoms with Gasteiger partial charge < -0.3 is 9.47 Å². The van der Waals surface area contributed by atoms with Crippen LogP contribution in [0.25, 0.3) is 11.0 Å². The average Bonchev–Trinajstić information content (AvgIpc) is 3.34. The Balaban J connectivity index is 1.37. The molecule has 0 radical (unpaired) electrons. The third-order valence-corrected chi connectivity index (χ3v) is 6.97. The zero-order valence-electron chi connectivity index (χ0n) is 17.7. The Morgan fingerprint density at radius 2 is 1.70 bits per heavy atom. The molecule has 1 amide bonds. The lowest BCUT2D eigenvalue weighted by Gasteiger charge is -2.23. The largest absolute Gasteiger partial charge is 0.338 e. The minimum Gasteiger partial charge on any atom is -0.338 e. The zero-order chi connectivity index (χ0) is 20.3. The van der Waals surface area contributed by atoms with E-state index in [-0.39, 0.29) is 11.8 Å². The van der Waals surface area contributed by atoms with Crippen molar-refractivity contribution in [2.75, 3.05) is 6.54 Å². The number of hydrogen-bond donors (Lipinski definition) is 0. The van der Waals surface area contributed by atoms with Crippen molar-refractivity contribution in [2.24, 2.45) is 5.92 Å². The predicted octanol–water partition coefficient (Wildman–Crippen LogP) is 5.52. The van der Waals surface area contributed by atoms with Crippen molar-refractivity contribution in [3.63, 3.8) is 0 Å². The van der Waals surface area contributed by atoms with Gasteiger partial charge in [-0.05, 0) is 30.0 Å². The van der Waals surface area contributed by atoms with Gasteiger partial charge in [-0.3, -0.25) is 4.79 Å². The lowest BCUT2D eigenvalue weighted by atomic mass is 9.87. The van der Waals surface area contributed by atoms with E-state index < -0.39 is 0 Å². The quantitative estimate of drug-likeness (QED) is 0.545. The second kappa shape index (κ2) is 8.63. The first-order chi connectivity index (χ1) is 14.8. The smallest absolute Gasteiger partial charge is 0.223 e. The van der Waals surface area contributed by atoms with Gasteiger partial charge in [0.25, 0.3) is 0 Å². The molecule has 4 heteroatoms. The molecule has 4 nitrogen and oxygen atoms in total. The van der Waals surface area contributed by atoms with Crippen molar-refractivity contribution >= 4 is 16.9 Å². The summed E-state index contributed by atoms with van der Waals surface area (Å²) in [5, 5.41) is 0. The molecule has 0 spiro atoms. The minimum absolute atomic E-state index is 0.181. The van der Waals surface area contributed by atoms with E-state index >= 15 is 0 Å². The van der Waals surface area contributed by atoms with Crippen molar-refractivity contribution in [1.82, 2.24) is 14.5 Å². The highest BCUT2D eigenvalue weighted by Gasteiger charge is 2.34. The molecular weight excluding hydrogens is 370 g/mol. The molecule has 0 bridgehead atoms. The summed E-state index contributed by atoms with van der Waals surface area (Å²) in [7, 11) is 0. The molecule has 2 heterocycles. The Morgan fingerprint density at radius 3 is 2.53 bits per heavy atom. The molecule has 1 aliphatic heterocycles. The van der Waals surface area contributed by atoms with Crippen molar-refractivity contribution in [3.05, 3.63) is 66.0 Å². The molecule has 1 atom stereocenters. The second-order valence-electron chi connectivity index (χ2n) is 9.06. The SMILES string of the molecule is O=C1CC(c2nc3ccccc3n2CCC2CCCCC2)CN1Cc1ccccc1. The Labute approximate surface area is 178 Å². The van der Waals surface area contributed by atoms with Crippen molar-refractivity contribution in [2.45, 2.75) is 64.0 Å². The first kappa shape index (κ1) is 19.3. The third-order valence-electron chi connectivity index (χ3n) is 6.97. The molecule has 156 valence electrons. The van der Waals surface area contributed by atoms with Crippen LogP contribution in [0.15, 0.2) is 54.6 Å². The maximum absolute atomic E-state index is 12.8. The number of hydrogen-bond acceptors (Lipinski definition) is 2. The molecule has 0 N–H and O–H groups in total. The maximum atomic E-state index is 12.8. The van der Waals surface area contributed by atoms with Crippen LogP contribution in [0.3, 0.4) is 0 Å². The topological polar surface area (TPSA) is 38.1 Å². The molecule has 1 saturated carbocycles. The Bertz CT molecular complexity index is 1000. The van der Waals surface area contributed by atoms with Crippen LogP contribution in [0.1, 0.15) is 62.3 Å². The number of likely N-dealkylation sites (tertiary alicyclic amines) is 1. The maximum Gasteiger partial charge on any atom is 0.223 e. The minimum atomic E-state index is 0.181. The third kappa shape index (κ3) is 4.00. The summed E-state index contributed by atoms with van der Waals surface area (Å²) in [6, 6.07) is 18.8. The molecule has 1 aliphatic carbocycles. The first-order valence-electron chi connectivity index (χ1n) is 11.5. The molecule has 1 aromatic heterocycles. The van der Waals surface area contributed by atoms with Crippen LogP contribution < -0.4 is 0 Å². The number of rotatable bonds is 6. The standard InChI is InChI=1S/C26H31N3O/c30-25-17-22(19-28(25)18-21-11-5-2-6-12-21)26-27-23-13-7-8-14-24(23)29(26)16-15-20-9-3-1-4-10-20/h2,5-8,11-14,20,22H,1,3-4,9-10,15-19H2. The van der Waals surface area contributed by atoms with Gasteiger partial charge in [0, 0.05) is 32.0 Å². The van der Waals surface area contributed by atoms with Crippen LogP contribution in [0.4, 0.5) is 0 Å². The van der Waals surface area contributed by atoms with E-state index in [0.717, 1.165) is 30.3 Å². The fourth-order valence-corrected chi connectivity index (χ4v) is 5.33. The zero-order valence-corrected chi connectivity index (χ0v) is 17.7. The number of carbonyl (C=O) groups is 1. The van der Waals surface area contributed by atoms with Crippen LogP contribution in [0.5, 0.6) is 0 Å². The lowest BCUT2D eigenvalue weighted by molar-refractivity contribution is -0.128. The van der Waals surface area contributed by atoms with Gasteiger partial charge in [0.15, 0.2) is 0 Å². The highest BCUT2D eigenvalue weighted by molar-refractivity contribution is 5.81. The van der Waals surface area contributed by atoms with Gasteiger partial charge in [0.1, 0.15) is 5.82 Å². The van der Waals surface area contributed by atoms with Crippen molar-refractivity contribution in [1.29, 1.82) is 0 Å². The second-order valence-corrected chi connectivity index (χ2v) is 9.06. The lowest BCUT2D eigenvalue weighted by Crippen LogP contribution is -2.24. The average molecular weight is 402 g/mol. The number of fused-ring (bicyclic) bond motifs is 1. The molecule has 3 aromatic rings. The Hall–Kier alpha value is -2.62. The summed E-state index contributed by atoms with van der Waals surface area (Å²) >= 11 is 0. The van der Waals surface area contributed by atoms with Crippen molar-refractivity contribution in [3.8, 4) is 0 Å². The molecule has 1 saturated heterocycles. The van der Waals surface area contributed by atoms with Crippen LogP contribution in [-0.4, -0.2) is 26.9 Å². The number of carbonyl (C=O) groups excluding carboxylic acids is 1. The number of aromatic nitrogens is 2. The molecule has 1 unspecified atom stereocenters. The summed E-state index contributed by atoms with van der Waals surface area (Å²) in [6.45, 7) is 2.48. The number of imidazole rings is 1.